The lowest BCUT2D eigenvalue weighted by Crippen LogP contribution is -2.06. The van der Waals surface area contributed by atoms with Gasteiger partial charge in [-0.2, -0.15) is 0 Å². The molecule has 0 spiro atoms. The summed E-state index contributed by atoms with van der Waals surface area (Å²) < 4.78 is 5.79. The highest BCUT2D eigenvalue weighted by molar-refractivity contribution is 5.85. The number of carboxylic acid groups (broad SMARTS) is 1. The summed E-state index contributed by atoms with van der Waals surface area (Å²) in [5, 5.41) is 10.8. The first-order chi connectivity index (χ1) is 10.6. The van der Waals surface area contributed by atoms with E-state index in [1.807, 2.05) is 12.1 Å². The maximum atomic E-state index is 11.0. The summed E-state index contributed by atoms with van der Waals surface area (Å²) in [5.74, 6) is -0.320. The van der Waals surface area contributed by atoms with E-state index in [1.165, 1.54) is 0 Å². The van der Waals surface area contributed by atoms with Crippen LogP contribution >= 0.6 is 0 Å². The number of nitrogens with zero attached hydrogens (tertiary/aromatic N) is 2. The van der Waals surface area contributed by atoms with Gasteiger partial charge in [0, 0.05) is 18.6 Å². The third-order valence-electron chi connectivity index (χ3n) is 3.50. The van der Waals surface area contributed by atoms with E-state index in [9.17, 15) is 4.79 Å². The largest absolute Gasteiger partial charge is 0.481 e. The Balaban J connectivity index is 1.88. The molecule has 0 aliphatic carbocycles. The molecule has 5 nitrogen and oxygen atoms in total. The number of aromatic nitrogens is 2. The van der Waals surface area contributed by atoms with Crippen LogP contribution in [0.3, 0.4) is 0 Å². The lowest BCUT2D eigenvalue weighted by Gasteiger charge is -2.10. The zero-order valence-corrected chi connectivity index (χ0v) is 11.9. The Morgan fingerprint density at radius 1 is 1.14 bits per heavy atom. The van der Waals surface area contributed by atoms with Crippen LogP contribution in [-0.2, 0) is 4.79 Å². The zero-order chi connectivity index (χ0) is 15.5. The van der Waals surface area contributed by atoms with E-state index in [4.69, 9.17) is 9.84 Å². The third kappa shape index (κ3) is 2.74. The highest BCUT2D eigenvalue weighted by atomic mass is 16.5. The standard InChI is InChI=1S/C17H14N2O3/c1-11(17(20)21)12-2-4-14(5-3-12)22-16-15-10-18-8-6-13(15)7-9-19-16/h2-11H,1H3,(H,20,21). The number of ether oxygens (including phenoxy) is 1. The van der Waals surface area contributed by atoms with Gasteiger partial charge < -0.3 is 9.84 Å². The molecule has 110 valence electrons. The topological polar surface area (TPSA) is 72.3 Å². The van der Waals surface area contributed by atoms with Crippen LogP contribution < -0.4 is 4.74 Å². The molecular weight excluding hydrogens is 280 g/mol. The monoisotopic (exact) mass is 294 g/mol. The van der Waals surface area contributed by atoms with Crippen LogP contribution in [0.5, 0.6) is 11.6 Å². The van der Waals surface area contributed by atoms with Crippen molar-refractivity contribution >= 4 is 16.7 Å². The number of rotatable bonds is 4. The molecule has 0 aliphatic rings. The molecule has 0 fully saturated rings. The quantitative estimate of drug-likeness (QED) is 0.795. The Morgan fingerprint density at radius 3 is 2.59 bits per heavy atom. The number of hydrogen-bond donors (Lipinski definition) is 1. The lowest BCUT2D eigenvalue weighted by molar-refractivity contribution is -0.138. The van der Waals surface area contributed by atoms with Crippen LogP contribution in [0.2, 0.25) is 0 Å². The number of aliphatic carboxylic acids is 1. The van der Waals surface area contributed by atoms with Crippen molar-refractivity contribution in [2.45, 2.75) is 12.8 Å². The first kappa shape index (κ1) is 14.0. The second kappa shape index (κ2) is 5.81. The number of benzene rings is 1. The molecule has 0 amide bonds. The van der Waals surface area contributed by atoms with Crippen LogP contribution in [0.25, 0.3) is 10.8 Å². The van der Waals surface area contributed by atoms with Gasteiger partial charge in [-0.1, -0.05) is 12.1 Å². The number of carboxylic acids is 1. The Morgan fingerprint density at radius 2 is 1.86 bits per heavy atom. The number of pyridine rings is 2. The van der Waals surface area contributed by atoms with Crippen LogP contribution in [0.1, 0.15) is 18.4 Å². The molecule has 1 aromatic carbocycles. The summed E-state index contributed by atoms with van der Waals surface area (Å²) in [6.45, 7) is 1.65. The van der Waals surface area contributed by atoms with Crippen molar-refractivity contribution in [1.29, 1.82) is 0 Å². The van der Waals surface area contributed by atoms with Crippen LogP contribution in [0.15, 0.2) is 55.0 Å². The van der Waals surface area contributed by atoms with E-state index >= 15 is 0 Å². The second-order valence-electron chi connectivity index (χ2n) is 4.94. The van der Waals surface area contributed by atoms with E-state index < -0.39 is 11.9 Å². The van der Waals surface area contributed by atoms with Gasteiger partial charge in [0.25, 0.3) is 0 Å². The second-order valence-corrected chi connectivity index (χ2v) is 4.94. The molecule has 22 heavy (non-hydrogen) atoms. The SMILES string of the molecule is CC(C(=O)O)c1ccc(Oc2nccc3ccncc23)cc1. The highest BCUT2D eigenvalue weighted by Crippen LogP contribution is 2.28. The molecule has 1 atom stereocenters. The molecule has 1 N–H and O–H groups in total. The molecule has 2 heterocycles. The van der Waals surface area contributed by atoms with E-state index in [2.05, 4.69) is 9.97 Å². The minimum atomic E-state index is -0.851. The minimum Gasteiger partial charge on any atom is -0.481 e. The van der Waals surface area contributed by atoms with E-state index in [0.717, 1.165) is 16.3 Å². The van der Waals surface area contributed by atoms with Crippen LogP contribution in [0, 0.1) is 0 Å². The van der Waals surface area contributed by atoms with Crippen molar-refractivity contribution in [1.82, 2.24) is 9.97 Å². The molecule has 0 aliphatic heterocycles. The number of hydrogen-bond acceptors (Lipinski definition) is 4. The van der Waals surface area contributed by atoms with Crippen molar-refractivity contribution in [2.24, 2.45) is 0 Å². The predicted octanol–water partition coefficient (Wildman–Crippen LogP) is 3.61. The van der Waals surface area contributed by atoms with Crippen molar-refractivity contribution in [3.63, 3.8) is 0 Å². The smallest absolute Gasteiger partial charge is 0.310 e. The van der Waals surface area contributed by atoms with Crippen molar-refractivity contribution in [3.05, 3.63) is 60.6 Å². The summed E-state index contributed by atoms with van der Waals surface area (Å²) >= 11 is 0. The Hall–Kier alpha value is -2.95. The molecular formula is C17H14N2O3. The van der Waals surface area contributed by atoms with Crippen LogP contribution in [0.4, 0.5) is 0 Å². The van der Waals surface area contributed by atoms with Gasteiger partial charge in [0.05, 0.1) is 11.3 Å². The average Bonchev–Trinajstić information content (AvgIpc) is 2.55. The summed E-state index contributed by atoms with van der Waals surface area (Å²) in [7, 11) is 0. The average molecular weight is 294 g/mol. The lowest BCUT2D eigenvalue weighted by atomic mass is 10.0. The first-order valence-electron chi connectivity index (χ1n) is 6.84. The predicted molar refractivity (Wildman–Crippen MR) is 82.1 cm³/mol. The van der Waals surface area contributed by atoms with E-state index in [-0.39, 0.29) is 0 Å². The Bertz CT molecular complexity index is 810. The van der Waals surface area contributed by atoms with Gasteiger partial charge in [-0.3, -0.25) is 9.78 Å². The molecule has 3 rings (SSSR count). The number of fused-ring (bicyclic) bond motifs is 1. The fourth-order valence-electron chi connectivity index (χ4n) is 2.14. The molecule has 2 aromatic heterocycles. The molecule has 0 bridgehead atoms. The summed E-state index contributed by atoms with van der Waals surface area (Å²) in [6, 6.07) is 10.8. The number of carbonyl (C=O) groups is 1. The van der Waals surface area contributed by atoms with Gasteiger partial charge >= 0.3 is 5.97 Å². The maximum Gasteiger partial charge on any atom is 0.310 e. The summed E-state index contributed by atoms with van der Waals surface area (Å²) in [4.78, 5) is 19.3. The minimum absolute atomic E-state index is 0.477. The highest BCUT2D eigenvalue weighted by Gasteiger charge is 2.13. The fourth-order valence-corrected chi connectivity index (χ4v) is 2.14. The molecule has 0 radical (unpaired) electrons. The van der Waals surface area contributed by atoms with Crippen molar-refractivity contribution in [2.75, 3.05) is 0 Å². The van der Waals surface area contributed by atoms with E-state index in [1.54, 1.807) is 49.8 Å². The first-order valence-corrected chi connectivity index (χ1v) is 6.84. The zero-order valence-electron chi connectivity index (χ0n) is 11.9. The van der Waals surface area contributed by atoms with Gasteiger partial charge in [-0.25, -0.2) is 4.98 Å². The van der Waals surface area contributed by atoms with Crippen molar-refractivity contribution < 1.29 is 14.6 Å². The Kier molecular flexibility index (Phi) is 3.70. The molecule has 0 saturated heterocycles. The van der Waals surface area contributed by atoms with Gasteiger partial charge in [-0.15, -0.1) is 0 Å². The molecule has 5 heteroatoms. The third-order valence-corrected chi connectivity index (χ3v) is 3.50. The van der Waals surface area contributed by atoms with E-state index in [0.29, 0.717) is 11.6 Å². The molecule has 0 saturated carbocycles. The normalized spacial score (nSPS) is 12.0. The van der Waals surface area contributed by atoms with Gasteiger partial charge in [0.1, 0.15) is 5.75 Å². The van der Waals surface area contributed by atoms with Gasteiger partial charge in [0.15, 0.2) is 0 Å². The van der Waals surface area contributed by atoms with Crippen molar-refractivity contribution in [3.8, 4) is 11.6 Å². The maximum absolute atomic E-state index is 11.0. The van der Waals surface area contributed by atoms with Crippen LogP contribution in [-0.4, -0.2) is 21.0 Å². The molecule has 3 aromatic rings. The summed E-state index contributed by atoms with van der Waals surface area (Å²) in [5.41, 5.74) is 0.729. The molecule has 1 unspecified atom stereocenters. The Labute approximate surface area is 127 Å². The van der Waals surface area contributed by atoms with Gasteiger partial charge in [-0.05, 0) is 42.1 Å². The summed E-state index contributed by atoms with van der Waals surface area (Å²) in [6.07, 6.45) is 5.10. The fraction of sp³-hybridized carbons (Fsp3) is 0.118. The van der Waals surface area contributed by atoms with Gasteiger partial charge in [0.2, 0.25) is 5.88 Å².